The van der Waals surface area contributed by atoms with E-state index in [4.69, 9.17) is 4.74 Å². The highest BCUT2D eigenvalue weighted by atomic mass is 79.9. The van der Waals surface area contributed by atoms with Crippen LogP contribution in [0.2, 0.25) is 0 Å². The third kappa shape index (κ3) is 2.59. The summed E-state index contributed by atoms with van der Waals surface area (Å²) in [5.41, 5.74) is 3.59. The molecule has 2 bridgehead atoms. The molecule has 0 aromatic heterocycles. The summed E-state index contributed by atoms with van der Waals surface area (Å²) in [4.78, 5) is 15.2. The zero-order valence-corrected chi connectivity index (χ0v) is 14.7. The van der Waals surface area contributed by atoms with Crippen LogP contribution in [0.15, 0.2) is 27.5 Å². The van der Waals surface area contributed by atoms with Gasteiger partial charge in [0.25, 0.3) is 5.91 Å². The normalized spacial score (nSPS) is 38.0. The third-order valence-corrected chi connectivity index (χ3v) is 6.26. The summed E-state index contributed by atoms with van der Waals surface area (Å²) in [7, 11) is 1.63. The lowest BCUT2D eigenvalue weighted by Gasteiger charge is -2.45. The molecule has 4 aliphatic heterocycles. The van der Waals surface area contributed by atoms with E-state index in [0.29, 0.717) is 11.6 Å². The molecular formula is C16H21BrN4O2. The Morgan fingerprint density at radius 3 is 2.91 bits per heavy atom. The van der Waals surface area contributed by atoms with E-state index < -0.39 is 0 Å². The average Bonchev–Trinajstić information content (AvgIpc) is 3.01. The summed E-state index contributed by atoms with van der Waals surface area (Å²) in [6.07, 6.45) is 6.26. The van der Waals surface area contributed by atoms with Crippen molar-refractivity contribution in [2.45, 2.75) is 24.9 Å². The highest BCUT2D eigenvalue weighted by Crippen LogP contribution is 2.35. The smallest absolute Gasteiger partial charge is 0.268 e. The van der Waals surface area contributed by atoms with E-state index in [1.165, 1.54) is 25.9 Å². The number of carbonyl (C=O) groups is 1. The Morgan fingerprint density at radius 2 is 2.26 bits per heavy atom. The Bertz CT molecular complexity index is 607. The van der Waals surface area contributed by atoms with Crippen LogP contribution in [0, 0.1) is 11.8 Å². The van der Waals surface area contributed by atoms with Gasteiger partial charge in [0.1, 0.15) is 11.5 Å². The molecule has 0 aromatic carbocycles. The molecular weight excluding hydrogens is 360 g/mol. The molecule has 6 nitrogen and oxygen atoms in total. The van der Waals surface area contributed by atoms with Crippen LogP contribution in [0.25, 0.3) is 0 Å². The van der Waals surface area contributed by atoms with Gasteiger partial charge in [-0.15, -0.1) is 0 Å². The molecule has 1 aliphatic carbocycles. The van der Waals surface area contributed by atoms with Crippen molar-refractivity contribution in [1.29, 1.82) is 0 Å². The molecule has 23 heavy (non-hydrogen) atoms. The number of nitrogens with one attached hydrogen (secondary N) is 2. The van der Waals surface area contributed by atoms with Crippen LogP contribution in [0.1, 0.15) is 12.8 Å². The van der Waals surface area contributed by atoms with Gasteiger partial charge in [0.2, 0.25) is 0 Å². The Kier molecular flexibility index (Phi) is 3.93. The van der Waals surface area contributed by atoms with Crippen molar-refractivity contribution in [3.63, 3.8) is 0 Å². The van der Waals surface area contributed by atoms with E-state index in [1.807, 2.05) is 12.2 Å². The maximum atomic E-state index is 12.8. The van der Waals surface area contributed by atoms with E-state index in [2.05, 4.69) is 36.7 Å². The van der Waals surface area contributed by atoms with Crippen molar-refractivity contribution in [2.75, 3.05) is 26.7 Å². The van der Waals surface area contributed by atoms with Crippen molar-refractivity contribution >= 4 is 27.5 Å². The summed E-state index contributed by atoms with van der Waals surface area (Å²) < 4.78 is 6.23. The molecule has 0 radical (unpaired) electrons. The number of methoxy groups -OCH3 is 1. The van der Waals surface area contributed by atoms with E-state index >= 15 is 0 Å². The van der Waals surface area contributed by atoms with Crippen molar-refractivity contribution in [1.82, 2.24) is 15.6 Å². The van der Waals surface area contributed by atoms with Gasteiger partial charge in [-0.05, 0) is 37.9 Å². The van der Waals surface area contributed by atoms with Gasteiger partial charge >= 0.3 is 0 Å². The quantitative estimate of drug-likeness (QED) is 0.765. The molecule has 0 spiro atoms. The second kappa shape index (κ2) is 5.94. The van der Waals surface area contributed by atoms with Crippen LogP contribution < -0.4 is 10.7 Å². The lowest BCUT2D eigenvalue weighted by molar-refractivity contribution is -0.117. The molecule has 3 fully saturated rings. The molecule has 3 atom stereocenters. The summed E-state index contributed by atoms with van der Waals surface area (Å²) in [5.74, 6) is 1.18. The minimum Gasteiger partial charge on any atom is -0.496 e. The van der Waals surface area contributed by atoms with Crippen LogP contribution in [0.4, 0.5) is 0 Å². The number of allylic oxidation sites excluding steroid dienone is 1. The fourth-order valence-corrected chi connectivity index (χ4v) is 4.84. The highest BCUT2D eigenvalue weighted by molar-refractivity contribution is 9.11. The molecule has 3 saturated heterocycles. The van der Waals surface area contributed by atoms with Gasteiger partial charge in [-0.3, -0.25) is 4.79 Å². The molecule has 1 amide bonds. The lowest BCUT2D eigenvalue weighted by atomic mass is 9.83. The number of fused-ring (bicyclic) bond motifs is 4. The molecule has 4 heterocycles. The Hall–Kier alpha value is -1.34. The monoisotopic (exact) mass is 380 g/mol. The molecule has 2 N–H and O–H groups in total. The molecule has 5 rings (SSSR count). The molecule has 7 heteroatoms. The SMILES string of the molecule is COC1=C(Br)C2C(C(=O)N[C@H]3CN4CCC3CC4)=NNC2C=C1. The van der Waals surface area contributed by atoms with Crippen molar-refractivity contribution in [3.05, 3.63) is 22.4 Å². The average molecular weight is 381 g/mol. The van der Waals surface area contributed by atoms with Crippen LogP contribution in [-0.4, -0.2) is 55.3 Å². The highest BCUT2D eigenvalue weighted by Gasteiger charge is 2.42. The Balaban J connectivity index is 1.49. The summed E-state index contributed by atoms with van der Waals surface area (Å²) in [6, 6.07) is 0.256. The fourth-order valence-electron chi connectivity index (χ4n) is 4.04. The number of hydrogen-bond donors (Lipinski definition) is 2. The topological polar surface area (TPSA) is 66.0 Å². The minimum atomic E-state index is -0.115. The van der Waals surface area contributed by atoms with Gasteiger partial charge in [-0.1, -0.05) is 22.0 Å². The van der Waals surface area contributed by atoms with Crippen LogP contribution in [0.5, 0.6) is 0 Å². The number of hydrazone groups is 1. The predicted molar refractivity (Wildman–Crippen MR) is 91.0 cm³/mol. The summed E-state index contributed by atoms with van der Waals surface area (Å²) in [6.45, 7) is 3.30. The van der Waals surface area contributed by atoms with Crippen LogP contribution in [0.3, 0.4) is 0 Å². The van der Waals surface area contributed by atoms with Crippen molar-refractivity contribution < 1.29 is 9.53 Å². The number of piperidine rings is 3. The maximum absolute atomic E-state index is 12.8. The third-order valence-electron chi connectivity index (χ3n) is 5.38. The van der Waals surface area contributed by atoms with Gasteiger partial charge in [-0.2, -0.15) is 5.10 Å². The number of hydrogen-bond acceptors (Lipinski definition) is 5. The predicted octanol–water partition coefficient (Wildman–Crippen LogP) is 0.963. The number of nitrogens with zero attached hydrogens (tertiary/aromatic N) is 2. The van der Waals surface area contributed by atoms with Gasteiger partial charge in [0.05, 0.1) is 19.1 Å². The van der Waals surface area contributed by atoms with Crippen LogP contribution in [-0.2, 0) is 9.53 Å². The van der Waals surface area contributed by atoms with Gasteiger partial charge in [0, 0.05) is 17.1 Å². The maximum Gasteiger partial charge on any atom is 0.268 e. The first-order valence-corrected chi connectivity index (χ1v) is 8.95. The zero-order chi connectivity index (χ0) is 16.0. The first-order valence-electron chi connectivity index (χ1n) is 8.15. The van der Waals surface area contributed by atoms with Crippen molar-refractivity contribution in [2.24, 2.45) is 16.9 Å². The number of amides is 1. The first-order chi connectivity index (χ1) is 11.2. The fraction of sp³-hybridized carbons (Fsp3) is 0.625. The summed E-state index contributed by atoms with van der Waals surface area (Å²) in [5, 5.41) is 7.52. The molecule has 5 aliphatic rings. The number of halogens is 1. The lowest BCUT2D eigenvalue weighted by Crippen LogP contribution is -2.58. The minimum absolute atomic E-state index is 0.00980. The largest absolute Gasteiger partial charge is 0.496 e. The van der Waals surface area contributed by atoms with Gasteiger partial charge in [0.15, 0.2) is 0 Å². The second-order valence-electron chi connectivity index (χ2n) is 6.62. The standard InChI is InChI=1S/C16H21BrN4O2/c1-23-12-3-2-10-13(14(12)17)15(20-19-10)16(22)18-11-8-21-6-4-9(11)5-7-21/h2-3,9-11,13,19H,4-8H2,1H3,(H,18,22)/t10?,11-,13?/m0/s1. The van der Waals surface area contributed by atoms with E-state index in [0.717, 1.165) is 16.8 Å². The molecule has 2 unspecified atom stereocenters. The molecule has 0 aromatic rings. The van der Waals surface area contributed by atoms with E-state index in [9.17, 15) is 4.79 Å². The second-order valence-corrected chi connectivity index (χ2v) is 7.48. The Morgan fingerprint density at radius 1 is 1.48 bits per heavy atom. The number of carbonyl (C=O) groups excluding carboxylic acids is 1. The first kappa shape index (κ1) is 15.2. The van der Waals surface area contributed by atoms with E-state index in [-0.39, 0.29) is 23.9 Å². The Labute approximate surface area is 144 Å². The van der Waals surface area contributed by atoms with E-state index in [1.54, 1.807) is 7.11 Å². The summed E-state index contributed by atoms with van der Waals surface area (Å²) >= 11 is 3.58. The van der Waals surface area contributed by atoms with Crippen LogP contribution >= 0.6 is 15.9 Å². The van der Waals surface area contributed by atoms with Crippen molar-refractivity contribution in [3.8, 4) is 0 Å². The number of rotatable bonds is 3. The molecule has 0 saturated carbocycles. The number of ether oxygens (including phenoxy) is 1. The van der Waals surface area contributed by atoms with Gasteiger partial charge in [-0.25, -0.2) is 0 Å². The molecule has 124 valence electrons. The van der Waals surface area contributed by atoms with Gasteiger partial charge < -0.3 is 20.4 Å². The zero-order valence-electron chi connectivity index (χ0n) is 13.1.